The first-order chi connectivity index (χ1) is 14.4. The number of nitrogens with zero attached hydrogens (tertiary/aromatic N) is 5. The zero-order valence-electron chi connectivity index (χ0n) is 19.6. The van der Waals surface area contributed by atoms with Crippen LogP contribution in [-0.2, 0) is 9.47 Å². The number of piperazine rings is 1. The number of rotatable bonds is 4. The Balaban J connectivity index is 0.00000341. The van der Waals surface area contributed by atoms with Crippen molar-refractivity contribution < 1.29 is 14.3 Å². The highest BCUT2D eigenvalue weighted by molar-refractivity contribution is 14.0. The van der Waals surface area contributed by atoms with Crippen molar-refractivity contribution in [3.63, 3.8) is 0 Å². The van der Waals surface area contributed by atoms with Crippen molar-refractivity contribution in [3.05, 3.63) is 0 Å². The van der Waals surface area contributed by atoms with Crippen molar-refractivity contribution in [2.24, 2.45) is 4.99 Å². The molecule has 10 heteroatoms. The number of nitrogens with one attached hydrogen (secondary N) is 1. The Morgan fingerprint density at radius 2 is 1.74 bits per heavy atom. The van der Waals surface area contributed by atoms with Gasteiger partial charge in [-0.25, -0.2) is 4.79 Å². The first-order valence-corrected chi connectivity index (χ1v) is 11.3. The third-order valence-corrected chi connectivity index (χ3v) is 5.97. The predicted octanol–water partition coefficient (Wildman–Crippen LogP) is 1.14. The average Bonchev–Trinajstić information content (AvgIpc) is 3.21. The Morgan fingerprint density at radius 3 is 2.35 bits per heavy atom. The van der Waals surface area contributed by atoms with Crippen LogP contribution in [-0.4, -0.2) is 129 Å². The van der Waals surface area contributed by atoms with Gasteiger partial charge in [0.25, 0.3) is 0 Å². The van der Waals surface area contributed by atoms with Crippen LogP contribution in [0.15, 0.2) is 4.99 Å². The van der Waals surface area contributed by atoms with Gasteiger partial charge in [0.15, 0.2) is 5.96 Å². The first kappa shape index (κ1) is 26.4. The lowest BCUT2D eigenvalue weighted by atomic mass is 10.2. The van der Waals surface area contributed by atoms with Gasteiger partial charge in [0, 0.05) is 78.5 Å². The van der Waals surface area contributed by atoms with Crippen LogP contribution in [0, 0.1) is 0 Å². The molecule has 3 aliphatic rings. The fourth-order valence-electron chi connectivity index (χ4n) is 4.31. The highest BCUT2D eigenvalue weighted by atomic mass is 127. The molecule has 0 spiro atoms. The van der Waals surface area contributed by atoms with Gasteiger partial charge < -0.3 is 24.6 Å². The topological polar surface area (TPSA) is 72.9 Å². The molecule has 1 unspecified atom stereocenters. The maximum atomic E-state index is 12.2. The summed E-state index contributed by atoms with van der Waals surface area (Å²) in [6, 6.07) is 0.605. The maximum Gasteiger partial charge on any atom is 0.410 e. The third-order valence-electron chi connectivity index (χ3n) is 5.97. The van der Waals surface area contributed by atoms with Gasteiger partial charge in [0.05, 0.1) is 13.2 Å². The highest BCUT2D eigenvalue weighted by Gasteiger charge is 2.30. The predicted molar refractivity (Wildman–Crippen MR) is 133 cm³/mol. The van der Waals surface area contributed by atoms with Crippen molar-refractivity contribution in [2.75, 3.05) is 85.7 Å². The number of ether oxygens (including phenoxy) is 2. The van der Waals surface area contributed by atoms with Crippen molar-refractivity contribution in [2.45, 2.75) is 38.8 Å². The molecule has 0 aromatic carbocycles. The molecule has 3 fully saturated rings. The number of aliphatic imine (C=N–C) groups is 1. The van der Waals surface area contributed by atoms with Gasteiger partial charge in [-0.05, 0) is 27.2 Å². The number of guanidine groups is 1. The molecule has 9 nitrogen and oxygen atoms in total. The molecule has 0 aromatic heterocycles. The van der Waals surface area contributed by atoms with Crippen LogP contribution in [0.4, 0.5) is 4.79 Å². The van der Waals surface area contributed by atoms with E-state index in [0.29, 0.717) is 6.04 Å². The molecule has 3 saturated heterocycles. The van der Waals surface area contributed by atoms with E-state index in [2.05, 4.69) is 25.0 Å². The van der Waals surface area contributed by atoms with Crippen molar-refractivity contribution in [1.82, 2.24) is 24.9 Å². The van der Waals surface area contributed by atoms with Gasteiger partial charge in [0.1, 0.15) is 5.60 Å². The van der Waals surface area contributed by atoms with E-state index >= 15 is 0 Å². The lowest BCUT2D eigenvalue weighted by molar-refractivity contribution is 0.0147. The van der Waals surface area contributed by atoms with Crippen LogP contribution in [0.25, 0.3) is 0 Å². The van der Waals surface area contributed by atoms with Crippen molar-refractivity contribution in [1.29, 1.82) is 0 Å². The molecule has 0 saturated carbocycles. The fourth-order valence-corrected chi connectivity index (χ4v) is 4.31. The average molecular weight is 553 g/mol. The minimum Gasteiger partial charge on any atom is -0.444 e. The second kappa shape index (κ2) is 12.4. The molecule has 1 N–H and O–H groups in total. The van der Waals surface area contributed by atoms with E-state index in [1.807, 2.05) is 32.7 Å². The summed E-state index contributed by atoms with van der Waals surface area (Å²) >= 11 is 0. The monoisotopic (exact) mass is 552 g/mol. The summed E-state index contributed by atoms with van der Waals surface area (Å²) in [5, 5.41) is 3.53. The van der Waals surface area contributed by atoms with Crippen LogP contribution in [0.5, 0.6) is 0 Å². The van der Waals surface area contributed by atoms with Crippen LogP contribution in [0.3, 0.4) is 0 Å². The van der Waals surface area contributed by atoms with E-state index < -0.39 is 5.60 Å². The molecule has 0 radical (unpaired) electrons. The molecule has 1 atom stereocenters. The summed E-state index contributed by atoms with van der Waals surface area (Å²) in [5.41, 5.74) is -0.440. The molecule has 180 valence electrons. The summed E-state index contributed by atoms with van der Waals surface area (Å²) in [6.07, 6.45) is 0.984. The standard InChI is InChI=1S/C21H40N6O3.HI/c1-21(2,3)30-20(28)26-11-9-24(10-12-26)8-6-23-19(22-4)27-7-5-18(17-27)25-13-15-29-16-14-25;/h18H,5-17H2,1-4H3,(H,22,23);1H. The molecule has 3 heterocycles. The van der Waals surface area contributed by atoms with Crippen LogP contribution in [0.1, 0.15) is 27.2 Å². The Kier molecular flexibility index (Phi) is 10.6. The molecular formula is C21H41IN6O3. The zero-order valence-corrected chi connectivity index (χ0v) is 22.0. The van der Waals surface area contributed by atoms with Crippen LogP contribution >= 0.6 is 24.0 Å². The number of carbonyl (C=O) groups excluding carboxylic acids is 1. The van der Waals surface area contributed by atoms with E-state index in [-0.39, 0.29) is 30.1 Å². The minimum atomic E-state index is -0.440. The van der Waals surface area contributed by atoms with Crippen LogP contribution in [0.2, 0.25) is 0 Å². The summed E-state index contributed by atoms with van der Waals surface area (Å²) in [6.45, 7) is 16.6. The van der Waals surface area contributed by atoms with Gasteiger partial charge in [0.2, 0.25) is 0 Å². The number of amides is 1. The molecule has 3 aliphatic heterocycles. The molecule has 3 rings (SSSR count). The number of hydrogen-bond acceptors (Lipinski definition) is 6. The molecular weight excluding hydrogens is 511 g/mol. The Labute approximate surface area is 204 Å². The number of halogens is 1. The SMILES string of the molecule is CN=C(NCCN1CCN(C(=O)OC(C)(C)C)CC1)N1CCC(N2CCOCC2)C1.I. The lowest BCUT2D eigenvalue weighted by Gasteiger charge is -2.35. The largest absolute Gasteiger partial charge is 0.444 e. The molecule has 31 heavy (non-hydrogen) atoms. The van der Waals surface area contributed by atoms with E-state index in [1.165, 1.54) is 6.42 Å². The van der Waals surface area contributed by atoms with Crippen LogP contribution < -0.4 is 5.32 Å². The Hall–Kier alpha value is -0.850. The quantitative estimate of drug-likeness (QED) is 0.319. The van der Waals surface area contributed by atoms with E-state index in [9.17, 15) is 4.79 Å². The summed E-state index contributed by atoms with van der Waals surface area (Å²) in [4.78, 5) is 25.8. The van der Waals surface area contributed by atoms with Crippen molar-refractivity contribution >= 4 is 36.0 Å². The third kappa shape index (κ3) is 8.21. The summed E-state index contributed by atoms with van der Waals surface area (Å²) in [5.74, 6) is 0.998. The lowest BCUT2D eigenvalue weighted by Crippen LogP contribution is -2.52. The number of morpholine rings is 1. The van der Waals surface area contributed by atoms with Gasteiger partial charge in [-0.1, -0.05) is 0 Å². The number of likely N-dealkylation sites (tertiary alicyclic amines) is 1. The maximum absolute atomic E-state index is 12.2. The van der Waals surface area contributed by atoms with E-state index in [4.69, 9.17) is 9.47 Å². The highest BCUT2D eigenvalue weighted by Crippen LogP contribution is 2.17. The van der Waals surface area contributed by atoms with E-state index in [0.717, 1.165) is 84.6 Å². The Bertz CT molecular complexity index is 586. The molecule has 0 aliphatic carbocycles. The summed E-state index contributed by atoms with van der Waals surface area (Å²) in [7, 11) is 1.87. The van der Waals surface area contributed by atoms with Gasteiger partial charge in [-0.2, -0.15) is 0 Å². The second-order valence-corrected chi connectivity index (χ2v) is 9.32. The number of carbonyl (C=O) groups is 1. The second-order valence-electron chi connectivity index (χ2n) is 9.32. The minimum absolute atomic E-state index is 0. The molecule has 0 aromatic rings. The fraction of sp³-hybridized carbons (Fsp3) is 0.905. The molecule has 1 amide bonds. The first-order valence-electron chi connectivity index (χ1n) is 11.3. The normalized spacial score (nSPS) is 24.1. The molecule has 0 bridgehead atoms. The van der Waals surface area contributed by atoms with E-state index in [1.54, 1.807) is 0 Å². The van der Waals surface area contributed by atoms with Gasteiger partial charge in [-0.15, -0.1) is 24.0 Å². The summed E-state index contributed by atoms with van der Waals surface area (Å²) < 4.78 is 11.0. The van der Waals surface area contributed by atoms with Crippen molar-refractivity contribution in [3.8, 4) is 0 Å². The zero-order chi connectivity index (χ0) is 21.6. The smallest absolute Gasteiger partial charge is 0.410 e. The van der Waals surface area contributed by atoms with Gasteiger partial charge >= 0.3 is 6.09 Å². The number of hydrogen-bond donors (Lipinski definition) is 1. The van der Waals surface area contributed by atoms with Gasteiger partial charge in [-0.3, -0.25) is 14.8 Å². The Morgan fingerprint density at radius 1 is 1.06 bits per heavy atom.